The highest BCUT2D eigenvalue weighted by molar-refractivity contribution is 7.53. The quantitative estimate of drug-likeness (QED) is 0.578. The Morgan fingerprint density at radius 2 is 2.00 bits per heavy atom. The molecule has 1 atom stereocenters. The number of hydrogen-bond donors (Lipinski definition) is 1. The summed E-state index contributed by atoms with van der Waals surface area (Å²) in [4.78, 5) is 7.85. The predicted octanol–water partition coefficient (Wildman–Crippen LogP) is 0.851. The van der Waals surface area contributed by atoms with Crippen LogP contribution in [0.5, 0.6) is 0 Å². The largest absolute Gasteiger partial charge is 0.520 e. The van der Waals surface area contributed by atoms with E-state index in [1.165, 1.54) is 0 Å². The van der Waals surface area contributed by atoms with E-state index >= 15 is 0 Å². The van der Waals surface area contributed by atoms with Gasteiger partial charge in [0.2, 0.25) is 0 Å². The van der Waals surface area contributed by atoms with Gasteiger partial charge in [0.05, 0.1) is 0 Å². The maximum Gasteiger partial charge on any atom is 0.520 e. The van der Waals surface area contributed by atoms with Crippen LogP contribution in [0.2, 0.25) is 0 Å². The van der Waals surface area contributed by atoms with Gasteiger partial charge in [-0.25, -0.2) is 9.13 Å². The van der Waals surface area contributed by atoms with Crippen molar-refractivity contribution in [3.8, 4) is 0 Å². The fraction of sp³-hybridized carbons (Fsp3) is 1.00. The minimum absolute atomic E-state index is 0.620. The SMILES string of the molecule is O=P(=O)C[P+](=O)O. The molecule has 0 aromatic heterocycles. The maximum absolute atomic E-state index is 9.57. The van der Waals surface area contributed by atoms with Crippen molar-refractivity contribution in [1.82, 2.24) is 0 Å². The van der Waals surface area contributed by atoms with Crippen molar-refractivity contribution in [2.45, 2.75) is 0 Å². The second-order valence-corrected chi connectivity index (χ2v) is 3.33. The number of hydrogen-bond acceptors (Lipinski definition) is 3. The van der Waals surface area contributed by atoms with Crippen LogP contribution in [0, 0.1) is 0 Å². The van der Waals surface area contributed by atoms with Crippen LogP contribution in [-0.4, -0.2) is 10.8 Å². The summed E-state index contributed by atoms with van der Waals surface area (Å²) < 4.78 is 28.6. The molecule has 1 unspecified atom stereocenters. The van der Waals surface area contributed by atoms with Crippen LogP contribution in [0.3, 0.4) is 0 Å². The van der Waals surface area contributed by atoms with Crippen molar-refractivity contribution >= 4 is 15.7 Å². The van der Waals surface area contributed by atoms with E-state index in [0.717, 1.165) is 0 Å². The van der Waals surface area contributed by atoms with Gasteiger partial charge in [-0.2, -0.15) is 4.89 Å². The summed E-state index contributed by atoms with van der Waals surface area (Å²) in [6.45, 7) is 0. The van der Waals surface area contributed by atoms with Gasteiger partial charge in [-0.3, -0.25) is 0 Å². The highest BCUT2D eigenvalue weighted by Crippen LogP contribution is 2.22. The first-order chi connectivity index (χ1) is 3.13. The predicted molar refractivity (Wildman–Crippen MR) is 23.0 cm³/mol. The van der Waals surface area contributed by atoms with Crippen molar-refractivity contribution in [2.75, 3.05) is 5.90 Å². The first-order valence-electron chi connectivity index (χ1n) is 1.38. The van der Waals surface area contributed by atoms with Gasteiger partial charge in [-0.1, -0.05) is 0 Å². The van der Waals surface area contributed by atoms with Crippen LogP contribution in [0.4, 0.5) is 0 Å². The molecule has 0 spiro atoms. The third-order valence-electron chi connectivity index (χ3n) is 0.236. The number of rotatable bonds is 2. The van der Waals surface area contributed by atoms with Crippen LogP contribution in [0.1, 0.15) is 0 Å². The standard InChI is InChI=1S/CH2O4P2/c2-6(3)1-7(4)5/h1H2/p+1. The highest BCUT2D eigenvalue weighted by atomic mass is 31.2. The molecule has 4 nitrogen and oxygen atoms in total. The maximum atomic E-state index is 9.57. The third-order valence-corrected chi connectivity index (χ3v) is 2.13. The Bertz CT molecular complexity index is 127. The molecule has 40 valence electrons. The zero-order valence-corrected chi connectivity index (χ0v) is 5.06. The van der Waals surface area contributed by atoms with Gasteiger partial charge in [0.1, 0.15) is 0 Å². The van der Waals surface area contributed by atoms with Crippen molar-refractivity contribution in [1.29, 1.82) is 0 Å². The molecule has 7 heavy (non-hydrogen) atoms. The molecule has 6 heteroatoms. The Balaban J connectivity index is 3.53. The van der Waals surface area contributed by atoms with E-state index < -0.39 is 21.6 Å². The Hall–Kier alpha value is -0.0400. The Morgan fingerprint density at radius 3 is 2.00 bits per heavy atom. The molecule has 0 saturated heterocycles. The Morgan fingerprint density at radius 1 is 1.57 bits per heavy atom. The highest BCUT2D eigenvalue weighted by Gasteiger charge is 2.12. The summed E-state index contributed by atoms with van der Waals surface area (Å²) in [7, 11) is -5.16. The first-order valence-corrected chi connectivity index (χ1v) is 4.14. The molecule has 0 aliphatic rings. The van der Waals surface area contributed by atoms with Crippen molar-refractivity contribution in [2.24, 2.45) is 0 Å². The molecule has 0 aliphatic carbocycles. The molecular formula is CH3O4P2+. The van der Waals surface area contributed by atoms with Crippen LogP contribution in [0.25, 0.3) is 0 Å². The van der Waals surface area contributed by atoms with Crippen molar-refractivity contribution in [3.05, 3.63) is 0 Å². The van der Waals surface area contributed by atoms with Crippen LogP contribution < -0.4 is 0 Å². The van der Waals surface area contributed by atoms with Gasteiger partial charge in [-0.05, 0) is 4.57 Å². The van der Waals surface area contributed by atoms with E-state index in [2.05, 4.69) is 0 Å². The van der Waals surface area contributed by atoms with E-state index in [1.807, 2.05) is 0 Å². The summed E-state index contributed by atoms with van der Waals surface area (Å²) in [5.41, 5.74) is 0. The lowest BCUT2D eigenvalue weighted by molar-refractivity contribution is 0.500. The molecule has 0 aromatic carbocycles. The zero-order valence-electron chi connectivity index (χ0n) is 3.27. The Labute approximate surface area is 41.2 Å². The van der Waals surface area contributed by atoms with E-state index in [-0.39, 0.29) is 0 Å². The van der Waals surface area contributed by atoms with Gasteiger partial charge in [0, 0.05) is 0 Å². The second-order valence-electron chi connectivity index (χ2n) is 0.826. The smallest absolute Gasteiger partial charge is 0.233 e. The molecule has 0 aromatic rings. The minimum atomic E-state index is -2.67. The summed E-state index contributed by atoms with van der Waals surface area (Å²) in [5, 5.41) is 0. The third kappa shape index (κ3) is 5.96. The Kier molecular flexibility index (Phi) is 3.01. The van der Waals surface area contributed by atoms with Crippen molar-refractivity contribution in [3.63, 3.8) is 0 Å². The monoisotopic (exact) mass is 141 g/mol. The van der Waals surface area contributed by atoms with Crippen LogP contribution in [0.15, 0.2) is 0 Å². The average Bonchev–Trinajstić information content (AvgIpc) is 1.27. The van der Waals surface area contributed by atoms with E-state index in [0.29, 0.717) is 0 Å². The molecule has 0 amide bonds. The average molecular weight is 141 g/mol. The molecule has 0 aliphatic heterocycles. The second kappa shape index (κ2) is 3.03. The van der Waals surface area contributed by atoms with Crippen LogP contribution >= 0.6 is 15.7 Å². The van der Waals surface area contributed by atoms with Gasteiger partial charge in [-0.15, -0.1) is 0 Å². The van der Waals surface area contributed by atoms with Gasteiger partial charge < -0.3 is 0 Å². The zero-order chi connectivity index (χ0) is 5.86. The lowest BCUT2D eigenvalue weighted by atomic mass is 11.9. The molecule has 0 fully saturated rings. The fourth-order valence-electron chi connectivity index (χ4n) is 0.0988. The summed E-state index contributed by atoms with van der Waals surface area (Å²) >= 11 is 0. The van der Waals surface area contributed by atoms with E-state index in [1.54, 1.807) is 0 Å². The molecular weight excluding hydrogens is 138 g/mol. The normalized spacial score (nSPS) is 10.7. The summed E-state index contributed by atoms with van der Waals surface area (Å²) in [6, 6.07) is 0. The summed E-state index contributed by atoms with van der Waals surface area (Å²) in [5.74, 6) is -0.620. The van der Waals surface area contributed by atoms with E-state index in [4.69, 9.17) is 4.89 Å². The van der Waals surface area contributed by atoms with Gasteiger partial charge in [0.25, 0.3) is 5.90 Å². The fourth-order valence-corrected chi connectivity index (χ4v) is 0.889. The molecule has 0 heterocycles. The molecule has 1 N–H and O–H groups in total. The lowest BCUT2D eigenvalue weighted by Crippen LogP contribution is -1.56. The van der Waals surface area contributed by atoms with Gasteiger partial charge in [0.15, 0.2) is 0 Å². The van der Waals surface area contributed by atoms with Crippen LogP contribution in [-0.2, 0) is 13.7 Å². The summed E-state index contributed by atoms with van der Waals surface area (Å²) in [6.07, 6.45) is 0. The first kappa shape index (κ1) is 6.96. The molecule has 0 radical (unpaired) electrons. The molecule has 0 saturated carbocycles. The van der Waals surface area contributed by atoms with Crippen molar-refractivity contribution < 1.29 is 18.6 Å². The molecule has 0 bridgehead atoms. The molecule has 0 rings (SSSR count). The lowest BCUT2D eigenvalue weighted by Gasteiger charge is -1.55. The van der Waals surface area contributed by atoms with Gasteiger partial charge >= 0.3 is 15.7 Å². The topological polar surface area (TPSA) is 71.4 Å². The van der Waals surface area contributed by atoms with E-state index in [9.17, 15) is 13.7 Å². The minimum Gasteiger partial charge on any atom is -0.233 e.